The lowest BCUT2D eigenvalue weighted by atomic mass is 9.98. The number of benzene rings is 1. The maximum absolute atomic E-state index is 12.4. The number of piperidine rings is 1. The van der Waals surface area contributed by atoms with E-state index in [4.69, 9.17) is 0 Å². The van der Waals surface area contributed by atoms with Gasteiger partial charge in [0.1, 0.15) is 4.90 Å². The molecule has 1 aliphatic heterocycles. The summed E-state index contributed by atoms with van der Waals surface area (Å²) in [6.07, 6.45) is 2.73. The molecule has 1 unspecified atom stereocenters. The average Bonchev–Trinajstić information content (AvgIpc) is 2.53. The Morgan fingerprint density at radius 2 is 2.14 bits per heavy atom. The minimum atomic E-state index is -3.48. The molecule has 1 heterocycles. The summed E-state index contributed by atoms with van der Waals surface area (Å²) in [6, 6.07) is 7.10. The highest BCUT2D eigenvalue weighted by Gasteiger charge is 2.25. The van der Waals surface area contributed by atoms with Gasteiger partial charge in [0.25, 0.3) is 0 Å². The first-order chi connectivity index (χ1) is 10.1. The predicted octanol–water partition coefficient (Wildman–Crippen LogP) is 1.58. The van der Waals surface area contributed by atoms with Crippen LogP contribution in [0, 0.1) is 5.92 Å². The van der Waals surface area contributed by atoms with Crippen LogP contribution in [0.2, 0.25) is 0 Å². The van der Waals surface area contributed by atoms with E-state index in [9.17, 15) is 13.5 Å². The van der Waals surface area contributed by atoms with E-state index in [-0.39, 0.29) is 12.5 Å². The lowest BCUT2D eigenvalue weighted by molar-refractivity contribution is 0.208. The Morgan fingerprint density at radius 1 is 1.38 bits per heavy atom. The predicted molar refractivity (Wildman–Crippen MR) is 83.9 cm³/mol. The Balaban J connectivity index is 2.28. The first-order valence-electron chi connectivity index (χ1n) is 7.53. The minimum absolute atomic E-state index is 0.152. The van der Waals surface area contributed by atoms with E-state index in [1.54, 1.807) is 12.1 Å². The first kappa shape index (κ1) is 16.3. The number of hydrogen-bond donors (Lipinski definition) is 2. The second-order valence-corrected chi connectivity index (χ2v) is 7.24. The fraction of sp³-hybridized carbons (Fsp3) is 0.600. The van der Waals surface area contributed by atoms with Crippen LogP contribution < -0.4 is 9.62 Å². The Labute approximate surface area is 127 Å². The molecule has 5 nitrogen and oxygen atoms in total. The maximum Gasteiger partial charge on any atom is 0.242 e. The smallest absolute Gasteiger partial charge is 0.242 e. The third kappa shape index (κ3) is 3.96. The van der Waals surface area contributed by atoms with Crippen molar-refractivity contribution >= 4 is 15.7 Å². The fourth-order valence-electron chi connectivity index (χ4n) is 2.69. The summed E-state index contributed by atoms with van der Waals surface area (Å²) in [6.45, 7) is 4.06. The van der Waals surface area contributed by atoms with Crippen molar-refractivity contribution in [1.82, 2.24) is 4.72 Å². The first-order valence-corrected chi connectivity index (χ1v) is 9.01. The van der Waals surface area contributed by atoms with Crippen molar-refractivity contribution in [3.63, 3.8) is 0 Å². The van der Waals surface area contributed by atoms with E-state index >= 15 is 0 Å². The van der Waals surface area contributed by atoms with Crippen molar-refractivity contribution in [2.75, 3.05) is 31.1 Å². The number of aliphatic hydroxyl groups is 1. The largest absolute Gasteiger partial charge is 0.396 e. The molecule has 0 amide bonds. The summed E-state index contributed by atoms with van der Waals surface area (Å²) in [7, 11) is -3.48. The number of nitrogens with zero attached hydrogens (tertiary/aromatic N) is 1. The van der Waals surface area contributed by atoms with Crippen molar-refractivity contribution in [3.05, 3.63) is 24.3 Å². The average molecular weight is 312 g/mol. The van der Waals surface area contributed by atoms with Gasteiger partial charge in [-0.1, -0.05) is 19.1 Å². The summed E-state index contributed by atoms with van der Waals surface area (Å²) < 4.78 is 27.5. The van der Waals surface area contributed by atoms with Crippen LogP contribution in [0.15, 0.2) is 29.2 Å². The second kappa shape index (κ2) is 7.24. The molecule has 0 bridgehead atoms. The maximum atomic E-state index is 12.4. The molecule has 0 aromatic heterocycles. The number of para-hydroxylation sites is 1. The van der Waals surface area contributed by atoms with Gasteiger partial charge in [-0.05, 0) is 37.3 Å². The van der Waals surface area contributed by atoms with Gasteiger partial charge in [0.2, 0.25) is 10.0 Å². The van der Waals surface area contributed by atoms with Crippen molar-refractivity contribution in [2.24, 2.45) is 5.92 Å². The fourth-order valence-corrected chi connectivity index (χ4v) is 4.05. The van der Waals surface area contributed by atoms with E-state index in [0.29, 0.717) is 18.0 Å². The van der Waals surface area contributed by atoms with Gasteiger partial charge in [0, 0.05) is 26.2 Å². The molecule has 1 aliphatic rings. The van der Waals surface area contributed by atoms with Crippen LogP contribution in [-0.2, 0) is 10.0 Å². The highest BCUT2D eigenvalue weighted by atomic mass is 32.2. The van der Waals surface area contributed by atoms with Crippen LogP contribution in [0.3, 0.4) is 0 Å². The molecular weight excluding hydrogens is 288 g/mol. The third-order valence-corrected chi connectivity index (χ3v) is 5.32. The van der Waals surface area contributed by atoms with Crippen molar-refractivity contribution in [1.29, 1.82) is 0 Å². The molecule has 1 aromatic carbocycles. The van der Waals surface area contributed by atoms with Gasteiger partial charge in [-0.15, -0.1) is 0 Å². The van der Waals surface area contributed by atoms with E-state index < -0.39 is 10.0 Å². The molecule has 118 valence electrons. The van der Waals surface area contributed by atoms with Gasteiger partial charge in [-0.25, -0.2) is 13.1 Å². The summed E-state index contributed by atoms with van der Waals surface area (Å²) in [5.74, 6) is 0.220. The highest BCUT2D eigenvalue weighted by Crippen LogP contribution is 2.29. The van der Waals surface area contributed by atoms with Crippen molar-refractivity contribution in [2.45, 2.75) is 31.1 Å². The molecule has 1 atom stereocenters. The quantitative estimate of drug-likeness (QED) is 0.837. The molecule has 2 rings (SSSR count). The van der Waals surface area contributed by atoms with E-state index in [2.05, 4.69) is 9.62 Å². The summed E-state index contributed by atoms with van der Waals surface area (Å²) in [5, 5.41) is 9.34. The van der Waals surface area contributed by atoms with E-state index in [1.165, 1.54) is 0 Å². The van der Waals surface area contributed by atoms with Crippen molar-refractivity contribution < 1.29 is 13.5 Å². The molecule has 1 fully saturated rings. The van der Waals surface area contributed by atoms with E-state index in [1.807, 2.05) is 19.1 Å². The molecular formula is C15H24N2O3S. The lowest BCUT2D eigenvalue weighted by Crippen LogP contribution is -2.38. The summed E-state index contributed by atoms with van der Waals surface area (Å²) >= 11 is 0. The van der Waals surface area contributed by atoms with Crippen LogP contribution in [0.4, 0.5) is 5.69 Å². The van der Waals surface area contributed by atoms with Gasteiger partial charge in [-0.2, -0.15) is 0 Å². The molecule has 1 saturated heterocycles. The molecule has 0 spiro atoms. The van der Waals surface area contributed by atoms with Gasteiger partial charge in [0.15, 0.2) is 0 Å². The number of hydrogen-bond acceptors (Lipinski definition) is 4. The molecule has 0 radical (unpaired) electrons. The molecule has 1 aromatic rings. The van der Waals surface area contributed by atoms with Gasteiger partial charge >= 0.3 is 0 Å². The van der Waals surface area contributed by atoms with E-state index in [0.717, 1.165) is 31.5 Å². The topological polar surface area (TPSA) is 69.6 Å². The zero-order chi connectivity index (χ0) is 15.3. The standard InChI is InChI=1S/C15H24N2O3S/c1-2-9-16-21(19,20)15-8-4-3-7-14(15)17-10-5-6-13(11-17)12-18/h3-4,7-8,13,16,18H,2,5-6,9-12H2,1H3. The highest BCUT2D eigenvalue weighted by molar-refractivity contribution is 7.89. The summed E-state index contributed by atoms with van der Waals surface area (Å²) in [5.41, 5.74) is 0.735. The monoisotopic (exact) mass is 312 g/mol. The molecule has 0 aliphatic carbocycles. The SMILES string of the molecule is CCCNS(=O)(=O)c1ccccc1N1CCCC(CO)C1. The third-order valence-electron chi connectivity index (χ3n) is 3.81. The number of sulfonamides is 1. The van der Waals surface area contributed by atoms with Crippen LogP contribution in [0.25, 0.3) is 0 Å². The number of aliphatic hydroxyl groups excluding tert-OH is 1. The Morgan fingerprint density at radius 3 is 2.86 bits per heavy atom. The number of anilines is 1. The van der Waals surface area contributed by atoms with Crippen LogP contribution >= 0.6 is 0 Å². The molecule has 0 saturated carbocycles. The van der Waals surface area contributed by atoms with Gasteiger partial charge in [-0.3, -0.25) is 0 Å². The number of nitrogens with one attached hydrogen (secondary N) is 1. The van der Waals surface area contributed by atoms with Crippen molar-refractivity contribution in [3.8, 4) is 0 Å². The van der Waals surface area contributed by atoms with Gasteiger partial charge < -0.3 is 10.0 Å². The number of rotatable bonds is 6. The minimum Gasteiger partial charge on any atom is -0.396 e. The van der Waals surface area contributed by atoms with Crippen LogP contribution in [0.5, 0.6) is 0 Å². The molecule has 6 heteroatoms. The zero-order valence-corrected chi connectivity index (χ0v) is 13.3. The zero-order valence-electron chi connectivity index (χ0n) is 12.5. The normalized spacial score (nSPS) is 19.7. The molecule has 21 heavy (non-hydrogen) atoms. The van der Waals surface area contributed by atoms with Gasteiger partial charge in [0.05, 0.1) is 5.69 Å². The van der Waals surface area contributed by atoms with Crippen LogP contribution in [-0.4, -0.2) is 39.8 Å². The molecule has 2 N–H and O–H groups in total. The lowest BCUT2D eigenvalue weighted by Gasteiger charge is -2.34. The Bertz CT molecular complexity index is 560. The summed E-state index contributed by atoms with van der Waals surface area (Å²) in [4.78, 5) is 2.40. The Hall–Kier alpha value is -1.11. The van der Waals surface area contributed by atoms with Crippen LogP contribution in [0.1, 0.15) is 26.2 Å². The second-order valence-electron chi connectivity index (χ2n) is 5.50. The Kier molecular flexibility index (Phi) is 5.61.